The topological polar surface area (TPSA) is 75.7 Å². The molecule has 0 radical (unpaired) electrons. The number of barbiturate groups is 1. The van der Waals surface area contributed by atoms with Crippen LogP contribution in [0.15, 0.2) is 48.0 Å². The second kappa shape index (κ2) is 7.80. The minimum absolute atomic E-state index is 0.0490. The average molecular weight is 374 g/mol. The third-order valence-electron chi connectivity index (χ3n) is 4.45. The van der Waals surface area contributed by atoms with Gasteiger partial charge in [-0.3, -0.25) is 14.9 Å². The van der Waals surface area contributed by atoms with Crippen LogP contribution >= 0.6 is 0 Å². The van der Waals surface area contributed by atoms with Crippen LogP contribution in [0, 0.1) is 26.2 Å². The van der Waals surface area contributed by atoms with Crippen molar-refractivity contribution in [1.29, 1.82) is 0 Å². The number of urea groups is 1. The van der Waals surface area contributed by atoms with Crippen molar-refractivity contribution in [3.63, 3.8) is 0 Å². The number of hydrogen-bond acceptors (Lipinski definition) is 4. The summed E-state index contributed by atoms with van der Waals surface area (Å²) in [5, 5.41) is 2.22. The molecule has 1 N–H and O–H groups in total. The number of amides is 4. The van der Waals surface area contributed by atoms with E-state index in [9.17, 15) is 14.4 Å². The fourth-order valence-corrected chi connectivity index (χ4v) is 2.86. The van der Waals surface area contributed by atoms with E-state index in [1.165, 1.54) is 6.08 Å². The van der Waals surface area contributed by atoms with Gasteiger partial charge in [0.2, 0.25) is 0 Å². The van der Waals surface area contributed by atoms with Crippen LogP contribution in [0.3, 0.4) is 0 Å². The van der Waals surface area contributed by atoms with Gasteiger partial charge in [0.1, 0.15) is 17.9 Å². The van der Waals surface area contributed by atoms with E-state index < -0.39 is 17.8 Å². The molecular weight excluding hydrogens is 356 g/mol. The van der Waals surface area contributed by atoms with E-state index in [1.54, 1.807) is 36.4 Å². The molecule has 4 amide bonds. The second-order valence-electron chi connectivity index (χ2n) is 6.21. The van der Waals surface area contributed by atoms with Crippen LogP contribution in [0.1, 0.15) is 16.7 Å². The molecule has 140 valence electrons. The average Bonchev–Trinajstić information content (AvgIpc) is 2.67. The number of anilines is 1. The van der Waals surface area contributed by atoms with Crippen LogP contribution in [0.5, 0.6) is 5.75 Å². The van der Waals surface area contributed by atoms with Crippen LogP contribution in [-0.2, 0) is 9.59 Å². The number of imide groups is 2. The lowest BCUT2D eigenvalue weighted by Crippen LogP contribution is -2.54. The van der Waals surface area contributed by atoms with Gasteiger partial charge in [0.15, 0.2) is 0 Å². The maximum Gasteiger partial charge on any atom is 0.335 e. The number of nitrogens with zero attached hydrogens (tertiary/aromatic N) is 1. The van der Waals surface area contributed by atoms with Crippen LogP contribution < -0.4 is 15.0 Å². The summed E-state index contributed by atoms with van der Waals surface area (Å²) in [5.41, 5.74) is 2.47. The predicted molar refractivity (Wildman–Crippen MR) is 106 cm³/mol. The molecule has 1 saturated heterocycles. The lowest BCUT2D eigenvalue weighted by atomic mass is 10.0. The van der Waals surface area contributed by atoms with Crippen LogP contribution in [0.4, 0.5) is 10.5 Å². The number of para-hydroxylation sites is 1. The molecule has 2 aromatic carbocycles. The Hall–Kier alpha value is -3.85. The van der Waals surface area contributed by atoms with Crippen LogP contribution in [0.2, 0.25) is 0 Å². The van der Waals surface area contributed by atoms with Gasteiger partial charge in [-0.05, 0) is 43.2 Å². The van der Waals surface area contributed by atoms with Crippen molar-refractivity contribution in [2.45, 2.75) is 13.8 Å². The molecule has 0 aliphatic carbocycles. The van der Waals surface area contributed by atoms with E-state index in [2.05, 4.69) is 11.2 Å². The highest BCUT2D eigenvalue weighted by molar-refractivity contribution is 6.39. The summed E-state index contributed by atoms with van der Waals surface area (Å²) in [4.78, 5) is 38.8. The molecule has 1 aliphatic heterocycles. The second-order valence-corrected chi connectivity index (χ2v) is 6.21. The number of aryl methyl sites for hydroxylation is 1. The number of benzene rings is 2. The highest BCUT2D eigenvalue weighted by Crippen LogP contribution is 2.28. The normalized spacial score (nSPS) is 15.4. The van der Waals surface area contributed by atoms with Crippen molar-refractivity contribution in [1.82, 2.24) is 5.32 Å². The molecule has 0 saturated carbocycles. The first kappa shape index (κ1) is 18.9. The Balaban J connectivity index is 2.05. The van der Waals surface area contributed by atoms with E-state index in [0.717, 1.165) is 16.0 Å². The fourth-order valence-electron chi connectivity index (χ4n) is 2.86. The summed E-state index contributed by atoms with van der Waals surface area (Å²) < 4.78 is 5.46. The Morgan fingerprint density at radius 2 is 1.86 bits per heavy atom. The number of nitrogens with one attached hydrogen (secondary N) is 1. The molecule has 3 rings (SSSR count). The van der Waals surface area contributed by atoms with E-state index in [0.29, 0.717) is 17.0 Å². The van der Waals surface area contributed by atoms with Gasteiger partial charge in [0.25, 0.3) is 11.8 Å². The number of carbonyl (C=O) groups excluding carboxylic acids is 3. The minimum atomic E-state index is -0.780. The third kappa shape index (κ3) is 3.51. The highest BCUT2D eigenvalue weighted by Gasteiger charge is 2.37. The van der Waals surface area contributed by atoms with Gasteiger partial charge < -0.3 is 4.74 Å². The zero-order valence-electron chi connectivity index (χ0n) is 15.5. The lowest BCUT2D eigenvalue weighted by molar-refractivity contribution is -0.122. The van der Waals surface area contributed by atoms with E-state index in [-0.39, 0.29) is 12.2 Å². The standard InChI is InChI=1S/C22H18N2O4/c1-4-12-28-19-11-6-5-9-16(19)13-17-20(25)23-22(27)24(21(17)26)18-10-7-8-14(2)15(18)3/h1,5-11,13H,12H2,2-3H3,(H,23,25,27)/b17-13+. The summed E-state index contributed by atoms with van der Waals surface area (Å²) in [5.74, 6) is 1.34. The lowest BCUT2D eigenvalue weighted by Gasteiger charge is -2.28. The number of carbonyl (C=O) groups is 3. The summed E-state index contributed by atoms with van der Waals surface area (Å²) in [7, 11) is 0. The number of hydrogen-bond donors (Lipinski definition) is 1. The van der Waals surface area contributed by atoms with Gasteiger partial charge in [-0.2, -0.15) is 0 Å². The van der Waals surface area contributed by atoms with Gasteiger partial charge in [-0.15, -0.1) is 6.42 Å². The minimum Gasteiger partial charge on any atom is -0.480 e. The number of rotatable bonds is 4. The van der Waals surface area contributed by atoms with Gasteiger partial charge in [-0.25, -0.2) is 9.69 Å². The Morgan fingerprint density at radius 1 is 1.11 bits per heavy atom. The van der Waals surface area contributed by atoms with E-state index >= 15 is 0 Å². The molecule has 0 atom stereocenters. The molecule has 28 heavy (non-hydrogen) atoms. The smallest absolute Gasteiger partial charge is 0.335 e. The first-order chi connectivity index (χ1) is 13.4. The van der Waals surface area contributed by atoms with Crippen LogP contribution in [0.25, 0.3) is 6.08 Å². The summed E-state index contributed by atoms with van der Waals surface area (Å²) in [6.45, 7) is 3.74. The predicted octanol–water partition coefficient (Wildman–Crippen LogP) is 2.98. The maximum atomic E-state index is 13.0. The van der Waals surface area contributed by atoms with Gasteiger partial charge >= 0.3 is 6.03 Å². The van der Waals surface area contributed by atoms with Crippen LogP contribution in [-0.4, -0.2) is 24.5 Å². The molecule has 0 bridgehead atoms. The molecule has 2 aromatic rings. The van der Waals surface area contributed by atoms with Crippen molar-refractivity contribution in [3.8, 4) is 18.1 Å². The Morgan fingerprint density at radius 3 is 2.61 bits per heavy atom. The van der Waals surface area contributed by atoms with Gasteiger partial charge in [0, 0.05) is 5.56 Å². The molecule has 1 fully saturated rings. The molecule has 6 heteroatoms. The van der Waals surface area contributed by atoms with Crippen molar-refractivity contribution in [2.24, 2.45) is 0 Å². The monoisotopic (exact) mass is 374 g/mol. The first-order valence-corrected chi connectivity index (χ1v) is 8.57. The molecule has 1 aliphatic rings. The quantitative estimate of drug-likeness (QED) is 0.507. The summed E-state index contributed by atoms with van der Waals surface area (Å²) >= 11 is 0. The van der Waals surface area contributed by atoms with E-state index in [1.807, 2.05) is 19.9 Å². The third-order valence-corrected chi connectivity index (χ3v) is 4.45. The van der Waals surface area contributed by atoms with Gasteiger partial charge in [-0.1, -0.05) is 36.3 Å². The highest BCUT2D eigenvalue weighted by atomic mass is 16.5. The Labute approximate surface area is 162 Å². The molecule has 1 heterocycles. The van der Waals surface area contributed by atoms with Crippen molar-refractivity contribution in [3.05, 3.63) is 64.7 Å². The molecule has 0 unspecified atom stereocenters. The molecule has 0 aromatic heterocycles. The molecule has 6 nitrogen and oxygen atoms in total. The summed E-state index contributed by atoms with van der Waals surface area (Å²) in [6.07, 6.45) is 6.62. The summed E-state index contributed by atoms with van der Waals surface area (Å²) in [6, 6.07) is 11.4. The van der Waals surface area contributed by atoms with Gasteiger partial charge in [0.05, 0.1) is 5.69 Å². The van der Waals surface area contributed by atoms with E-state index in [4.69, 9.17) is 11.2 Å². The molecule has 0 spiro atoms. The zero-order chi connectivity index (χ0) is 20.3. The Bertz CT molecular complexity index is 1050. The van der Waals surface area contributed by atoms with Crippen molar-refractivity contribution < 1.29 is 19.1 Å². The van der Waals surface area contributed by atoms with Crippen molar-refractivity contribution in [2.75, 3.05) is 11.5 Å². The molecular formula is C22H18N2O4. The Kier molecular flexibility index (Phi) is 5.28. The number of terminal acetylenes is 1. The number of ether oxygens (including phenoxy) is 1. The SMILES string of the molecule is C#CCOc1ccccc1/C=C1\C(=O)NC(=O)N(c2cccc(C)c2C)C1=O. The van der Waals surface area contributed by atoms with Crippen molar-refractivity contribution >= 4 is 29.6 Å². The first-order valence-electron chi connectivity index (χ1n) is 8.57. The zero-order valence-corrected chi connectivity index (χ0v) is 15.5. The largest absolute Gasteiger partial charge is 0.480 e. The fraction of sp³-hybridized carbons (Fsp3) is 0.136. The maximum absolute atomic E-state index is 13.0.